The van der Waals surface area contributed by atoms with Crippen LogP contribution in [0.1, 0.15) is 45.8 Å². The van der Waals surface area contributed by atoms with Gasteiger partial charge < -0.3 is 19.7 Å². The average Bonchev–Trinajstić information content (AvgIpc) is 3.30. The summed E-state index contributed by atoms with van der Waals surface area (Å²) < 4.78 is 35.1. The summed E-state index contributed by atoms with van der Waals surface area (Å²) in [6.07, 6.45) is 0.639. The third-order valence-corrected chi connectivity index (χ3v) is 6.02. The van der Waals surface area contributed by atoms with Crippen molar-refractivity contribution in [3.05, 3.63) is 12.7 Å². The number of hydrogen-bond acceptors (Lipinski definition) is 10. The summed E-state index contributed by atoms with van der Waals surface area (Å²) in [4.78, 5) is 46.7. The number of phosphoric acid groups is 1. The van der Waals surface area contributed by atoms with E-state index in [1.54, 1.807) is 0 Å². The van der Waals surface area contributed by atoms with E-state index in [1.807, 2.05) is 13.8 Å². The minimum atomic E-state index is -4.30. The lowest BCUT2D eigenvalue weighted by atomic mass is 10.1. The van der Waals surface area contributed by atoms with Crippen molar-refractivity contribution in [2.45, 2.75) is 64.1 Å². The molecule has 14 heteroatoms. The normalized spacial score (nSPS) is 29.6. The standard InChI is InChI=1S/C18H24N5O8P/c1-3-5-11(24)22-16-13-17(20-8-19-16)23(9-21-13)18-15(30-12(25)6-4-2)14-10(29-18)7-28-32(26,27)31-14/h8-10,14-15,18H,3-7H2,1-2H3,(H,26,27)(H,19,20,22,24)/t10-,14-,15-,18+/m1/s1. The highest BCUT2D eigenvalue weighted by Gasteiger charge is 2.55. The number of imidazole rings is 1. The second-order valence-electron chi connectivity index (χ2n) is 7.45. The smallest absolute Gasteiger partial charge is 0.455 e. The molecule has 0 bridgehead atoms. The average molecular weight is 469 g/mol. The topological polar surface area (TPSA) is 164 Å². The minimum absolute atomic E-state index is 0.161. The molecule has 1 amide bonds. The van der Waals surface area contributed by atoms with Gasteiger partial charge in [-0.2, -0.15) is 0 Å². The summed E-state index contributed by atoms with van der Waals surface area (Å²) in [5.41, 5.74) is 0.638. The lowest BCUT2D eigenvalue weighted by Crippen LogP contribution is -2.41. The molecular weight excluding hydrogens is 445 g/mol. The summed E-state index contributed by atoms with van der Waals surface area (Å²) in [5.74, 6) is -0.469. The molecule has 32 heavy (non-hydrogen) atoms. The molecule has 2 aliphatic rings. The Morgan fingerprint density at radius 1 is 1.28 bits per heavy atom. The molecule has 4 heterocycles. The highest BCUT2D eigenvalue weighted by molar-refractivity contribution is 7.47. The van der Waals surface area contributed by atoms with E-state index >= 15 is 0 Å². The van der Waals surface area contributed by atoms with Crippen molar-refractivity contribution in [2.24, 2.45) is 0 Å². The molecule has 4 rings (SSSR count). The number of esters is 1. The Kier molecular flexibility index (Phi) is 6.54. The summed E-state index contributed by atoms with van der Waals surface area (Å²) in [6.45, 7) is 3.50. The van der Waals surface area contributed by atoms with Crippen molar-refractivity contribution in [1.82, 2.24) is 19.5 Å². The van der Waals surface area contributed by atoms with Gasteiger partial charge in [0, 0.05) is 12.8 Å². The maximum atomic E-state index is 12.3. The number of nitrogens with one attached hydrogen (secondary N) is 1. The van der Waals surface area contributed by atoms with Gasteiger partial charge in [0.25, 0.3) is 0 Å². The number of nitrogens with zero attached hydrogens (tertiary/aromatic N) is 4. The lowest BCUT2D eigenvalue weighted by molar-refractivity contribution is -0.158. The number of ether oxygens (including phenoxy) is 2. The van der Waals surface area contributed by atoms with Crippen molar-refractivity contribution in [1.29, 1.82) is 0 Å². The van der Waals surface area contributed by atoms with Gasteiger partial charge in [-0.15, -0.1) is 0 Å². The first-order valence-corrected chi connectivity index (χ1v) is 11.8. The molecular formula is C18H24N5O8P. The van der Waals surface area contributed by atoms with Crippen LogP contribution in [0, 0.1) is 0 Å². The highest BCUT2D eigenvalue weighted by atomic mass is 31.2. The van der Waals surface area contributed by atoms with Gasteiger partial charge in [0.05, 0.1) is 12.9 Å². The van der Waals surface area contributed by atoms with Gasteiger partial charge in [0.2, 0.25) is 5.91 Å². The Morgan fingerprint density at radius 2 is 2.06 bits per heavy atom. The number of aromatic nitrogens is 4. The van der Waals surface area contributed by atoms with Crippen LogP contribution in [0.25, 0.3) is 11.2 Å². The van der Waals surface area contributed by atoms with Crippen LogP contribution in [0.4, 0.5) is 5.82 Å². The number of amides is 1. The quantitative estimate of drug-likeness (QED) is 0.448. The van der Waals surface area contributed by atoms with E-state index in [0.717, 1.165) is 0 Å². The number of hydrogen-bond donors (Lipinski definition) is 2. The molecule has 2 N–H and O–H groups in total. The molecule has 174 valence electrons. The van der Waals surface area contributed by atoms with Crippen LogP contribution in [0.3, 0.4) is 0 Å². The van der Waals surface area contributed by atoms with Crippen molar-refractivity contribution < 1.29 is 37.6 Å². The van der Waals surface area contributed by atoms with Gasteiger partial charge in [-0.1, -0.05) is 13.8 Å². The number of phosphoric ester groups is 1. The second-order valence-corrected chi connectivity index (χ2v) is 8.85. The Labute approximate surface area is 183 Å². The van der Waals surface area contributed by atoms with Crippen molar-refractivity contribution in [3.8, 4) is 0 Å². The van der Waals surface area contributed by atoms with E-state index in [-0.39, 0.29) is 24.8 Å². The summed E-state index contributed by atoms with van der Waals surface area (Å²) in [7, 11) is -4.30. The largest absolute Gasteiger partial charge is 0.472 e. The Morgan fingerprint density at radius 3 is 2.81 bits per heavy atom. The van der Waals surface area contributed by atoms with E-state index in [0.29, 0.717) is 30.4 Å². The first-order chi connectivity index (χ1) is 15.3. The van der Waals surface area contributed by atoms with Crippen LogP contribution >= 0.6 is 7.82 Å². The van der Waals surface area contributed by atoms with Crippen molar-refractivity contribution in [3.63, 3.8) is 0 Å². The zero-order valence-corrected chi connectivity index (χ0v) is 18.4. The van der Waals surface area contributed by atoms with E-state index in [1.165, 1.54) is 17.2 Å². The number of anilines is 1. The number of rotatable bonds is 7. The van der Waals surface area contributed by atoms with Gasteiger partial charge in [-0.05, 0) is 12.8 Å². The van der Waals surface area contributed by atoms with Gasteiger partial charge in [0.1, 0.15) is 18.5 Å². The van der Waals surface area contributed by atoms with E-state index < -0.39 is 38.3 Å². The molecule has 0 aromatic carbocycles. The van der Waals surface area contributed by atoms with Crippen molar-refractivity contribution in [2.75, 3.05) is 11.9 Å². The molecule has 2 saturated heterocycles. The third kappa shape index (κ3) is 4.52. The Balaban J connectivity index is 1.68. The summed E-state index contributed by atoms with van der Waals surface area (Å²) in [6, 6.07) is 0. The predicted molar refractivity (Wildman–Crippen MR) is 108 cm³/mol. The van der Waals surface area contributed by atoms with E-state index in [4.69, 9.17) is 18.5 Å². The van der Waals surface area contributed by atoms with Crippen LogP contribution in [-0.2, 0) is 32.7 Å². The molecule has 1 unspecified atom stereocenters. The molecule has 5 atom stereocenters. The highest BCUT2D eigenvalue weighted by Crippen LogP contribution is 2.53. The fourth-order valence-electron chi connectivity index (χ4n) is 3.64. The van der Waals surface area contributed by atoms with Crippen molar-refractivity contribution >= 4 is 36.7 Å². The Bertz CT molecular complexity index is 1060. The van der Waals surface area contributed by atoms with Gasteiger partial charge >= 0.3 is 13.8 Å². The third-order valence-electron chi connectivity index (χ3n) is 5.03. The zero-order chi connectivity index (χ0) is 22.9. The predicted octanol–water partition coefficient (Wildman–Crippen LogP) is 1.69. The van der Waals surface area contributed by atoms with Gasteiger partial charge in [-0.25, -0.2) is 19.5 Å². The monoisotopic (exact) mass is 469 g/mol. The molecule has 2 aromatic heterocycles. The van der Waals surface area contributed by atoms with Crippen LogP contribution in [0.2, 0.25) is 0 Å². The van der Waals surface area contributed by atoms with Crippen LogP contribution in [0.5, 0.6) is 0 Å². The number of carbonyl (C=O) groups excluding carboxylic acids is 2. The zero-order valence-electron chi connectivity index (χ0n) is 17.5. The first-order valence-electron chi connectivity index (χ1n) is 10.3. The molecule has 0 spiro atoms. The van der Waals surface area contributed by atoms with Gasteiger partial charge in [-0.3, -0.25) is 23.2 Å². The van der Waals surface area contributed by atoms with Crippen LogP contribution < -0.4 is 5.32 Å². The maximum absolute atomic E-state index is 12.3. The maximum Gasteiger partial charge on any atom is 0.472 e. The van der Waals surface area contributed by atoms with Crippen LogP contribution in [0.15, 0.2) is 12.7 Å². The fraction of sp³-hybridized carbons (Fsp3) is 0.611. The second kappa shape index (κ2) is 9.20. The minimum Gasteiger partial charge on any atom is -0.455 e. The number of carbonyl (C=O) groups is 2. The van der Waals surface area contributed by atoms with E-state index in [9.17, 15) is 19.0 Å². The molecule has 0 aliphatic carbocycles. The lowest BCUT2D eigenvalue weighted by Gasteiger charge is -2.29. The summed E-state index contributed by atoms with van der Waals surface area (Å²) in [5, 5.41) is 2.70. The Hall–Kier alpha value is -2.44. The molecule has 2 aliphatic heterocycles. The molecule has 0 saturated carbocycles. The SMILES string of the molecule is CCCC(=O)Nc1ncnc2c1ncn2[C@H]1O[C@@H]2COP(=O)(O)O[C@H]2[C@H]1OC(=O)CCC. The molecule has 2 fully saturated rings. The van der Waals surface area contributed by atoms with Crippen LogP contribution in [-0.4, -0.2) is 61.2 Å². The number of fused-ring (bicyclic) bond motifs is 2. The van der Waals surface area contributed by atoms with E-state index in [2.05, 4.69) is 20.3 Å². The first kappa shape index (κ1) is 22.7. The molecule has 0 radical (unpaired) electrons. The fourth-order valence-corrected chi connectivity index (χ4v) is 4.60. The summed E-state index contributed by atoms with van der Waals surface area (Å²) >= 11 is 0. The molecule has 13 nitrogen and oxygen atoms in total. The molecule has 2 aromatic rings. The van der Waals surface area contributed by atoms with Gasteiger partial charge in [0.15, 0.2) is 29.3 Å².